The fourth-order valence-corrected chi connectivity index (χ4v) is 0. The van der Waals surface area contributed by atoms with Gasteiger partial charge in [-0.05, 0) is 0 Å². The zero-order valence-electron chi connectivity index (χ0n) is 3.91. The molecule has 0 nitrogen and oxygen atoms in total. The molecule has 0 saturated carbocycles. The van der Waals surface area contributed by atoms with Crippen LogP contribution in [-0.4, -0.2) is 0 Å². The van der Waals surface area contributed by atoms with Crippen LogP contribution < -0.4 is 0 Å². The summed E-state index contributed by atoms with van der Waals surface area (Å²) < 4.78 is 0. The fraction of sp³-hybridized carbons (Fsp3) is 0. The molecule has 0 aromatic heterocycles. The van der Waals surface area contributed by atoms with Crippen molar-refractivity contribution >= 4 is 0 Å². The standard InChI is InChI=1S/Eu.5Zn. The van der Waals surface area contributed by atoms with Crippen LogP contribution in [0.3, 0.4) is 0 Å². The van der Waals surface area contributed by atoms with Gasteiger partial charge in [0, 0.05) is 147 Å². The minimum absolute atomic E-state index is 0. The molecule has 0 aliphatic heterocycles. The first-order chi connectivity index (χ1) is 0. The molecule has 0 aromatic carbocycles. The molecule has 0 amide bonds. The first-order valence-electron chi connectivity index (χ1n) is 0. The normalized spacial score (nSPS) is 0. The van der Waals surface area contributed by atoms with E-state index in [0.717, 1.165) is 0 Å². The molecule has 0 aromatic rings. The van der Waals surface area contributed by atoms with Gasteiger partial charge in [-0.3, -0.25) is 0 Å². The van der Waals surface area contributed by atoms with Gasteiger partial charge in [-0.2, -0.15) is 0 Å². The van der Waals surface area contributed by atoms with E-state index in [-0.39, 0.29) is 147 Å². The zero-order valence-corrected chi connectivity index (χ0v) is 21.2. The molecule has 0 saturated heterocycles. The van der Waals surface area contributed by atoms with Crippen molar-refractivity contribution in [1.29, 1.82) is 0 Å². The molecule has 0 N–H and O–H groups in total. The summed E-state index contributed by atoms with van der Waals surface area (Å²) in [7, 11) is 0. The average Bonchev–Trinajstić information content (AvgIpc) is 0. The fourth-order valence-electron chi connectivity index (χ4n) is 0. The molecule has 0 aliphatic carbocycles. The molecule has 1 radical (unpaired) electrons. The summed E-state index contributed by atoms with van der Waals surface area (Å²) in [4.78, 5) is 0. The Kier molecular flexibility index (Phi) is 252. The third-order valence-corrected chi connectivity index (χ3v) is 0. The topological polar surface area (TPSA) is 0 Å². The van der Waals surface area contributed by atoms with E-state index in [9.17, 15) is 0 Å². The van der Waals surface area contributed by atoms with Crippen LogP contribution in [0, 0.1) is 49.4 Å². The Morgan fingerprint density at radius 3 is 0.333 bits per heavy atom. The van der Waals surface area contributed by atoms with Crippen molar-refractivity contribution < 1.29 is 147 Å². The van der Waals surface area contributed by atoms with Crippen LogP contribution in [0.15, 0.2) is 0 Å². The van der Waals surface area contributed by atoms with Gasteiger partial charge in [-0.25, -0.2) is 0 Å². The summed E-state index contributed by atoms with van der Waals surface area (Å²) in [5, 5.41) is 0. The van der Waals surface area contributed by atoms with Gasteiger partial charge in [0.2, 0.25) is 0 Å². The Morgan fingerprint density at radius 2 is 0.333 bits per heavy atom. The Bertz CT molecular complexity index is 3.90. The van der Waals surface area contributed by atoms with E-state index in [2.05, 4.69) is 0 Å². The quantitative estimate of drug-likeness (QED) is 0.430. The van der Waals surface area contributed by atoms with Gasteiger partial charge in [0.05, 0.1) is 0 Å². The van der Waals surface area contributed by atoms with E-state index in [1.807, 2.05) is 0 Å². The van der Waals surface area contributed by atoms with Gasteiger partial charge in [-0.1, -0.05) is 0 Å². The van der Waals surface area contributed by atoms with Crippen LogP contribution in [0.5, 0.6) is 0 Å². The first kappa shape index (κ1) is 45.6. The first-order valence-corrected chi connectivity index (χ1v) is 0. The predicted molar refractivity (Wildman–Crippen MR) is 0 cm³/mol. The molecule has 0 spiro atoms. The number of hydrogen-bond acceptors (Lipinski definition) is 0. The van der Waals surface area contributed by atoms with E-state index in [4.69, 9.17) is 0 Å². The molecule has 0 atom stereocenters. The molecule has 0 aliphatic rings. The van der Waals surface area contributed by atoms with Crippen molar-refractivity contribution in [2.45, 2.75) is 0 Å². The Morgan fingerprint density at radius 1 is 0.333 bits per heavy atom. The Balaban J connectivity index is 0. The van der Waals surface area contributed by atoms with Crippen LogP contribution in [0.25, 0.3) is 0 Å². The summed E-state index contributed by atoms with van der Waals surface area (Å²) >= 11 is 0. The number of hydrogen-bond donors (Lipinski definition) is 0. The van der Waals surface area contributed by atoms with Crippen molar-refractivity contribution in [3.63, 3.8) is 0 Å². The van der Waals surface area contributed by atoms with E-state index >= 15 is 0 Å². The van der Waals surface area contributed by atoms with Gasteiger partial charge in [-0.15, -0.1) is 0 Å². The van der Waals surface area contributed by atoms with E-state index in [1.165, 1.54) is 0 Å². The summed E-state index contributed by atoms with van der Waals surface area (Å²) in [6.07, 6.45) is 0. The second-order valence-corrected chi connectivity index (χ2v) is 0. The maximum absolute atomic E-state index is 0. The number of rotatable bonds is 0. The van der Waals surface area contributed by atoms with Crippen molar-refractivity contribution in [3.8, 4) is 0 Å². The zero-order chi connectivity index (χ0) is 0. The van der Waals surface area contributed by atoms with Crippen molar-refractivity contribution in [2.75, 3.05) is 0 Å². The SMILES string of the molecule is [Eu].[Zn].[Zn].[Zn].[Zn].[Zn]. The molecule has 17 valence electrons. The average molecular weight is 479 g/mol. The van der Waals surface area contributed by atoms with Crippen molar-refractivity contribution in [3.05, 3.63) is 0 Å². The second-order valence-electron chi connectivity index (χ2n) is 0. The van der Waals surface area contributed by atoms with Gasteiger partial charge in [0.1, 0.15) is 0 Å². The van der Waals surface area contributed by atoms with Gasteiger partial charge >= 0.3 is 0 Å². The van der Waals surface area contributed by atoms with Gasteiger partial charge in [0.25, 0.3) is 0 Å². The molecular formula is EuZn5. The smallest absolute Gasteiger partial charge is 0 e. The largest absolute Gasteiger partial charge is 0 e. The third kappa shape index (κ3) is 23.3. The van der Waals surface area contributed by atoms with E-state index in [1.54, 1.807) is 0 Å². The minimum Gasteiger partial charge on any atom is 0 e. The summed E-state index contributed by atoms with van der Waals surface area (Å²) in [5.41, 5.74) is 0. The molecule has 0 fully saturated rings. The van der Waals surface area contributed by atoms with Crippen LogP contribution in [0.4, 0.5) is 0 Å². The molecular weight excluding hydrogens is 479 g/mol. The van der Waals surface area contributed by atoms with E-state index < -0.39 is 0 Å². The third-order valence-electron chi connectivity index (χ3n) is 0. The Labute approximate surface area is 143 Å². The van der Waals surface area contributed by atoms with E-state index in [0.29, 0.717) is 0 Å². The molecule has 6 heavy (non-hydrogen) atoms. The predicted octanol–water partition coefficient (Wildman–Crippen LogP) is -0.0125. The Hall–Kier alpha value is 4.70. The van der Waals surface area contributed by atoms with Crippen LogP contribution in [0.1, 0.15) is 0 Å². The second kappa shape index (κ2) is 33.2. The maximum Gasteiger partial charge on any atom is 0 e. The summed E-state index contributed by atoms with van der Waals surface area (Å²) in [6.45, 7) is 0. The van der Waals surface area contributed by atoms with Crippen molar-refractivity contribution in [1.82, 2.24) is 0 Å². The maximum atomic E-state index is 0. The molecule has 0 unspecified atom stereocenters. The van der Waals surface area contributed by atoms with Gasteiger partial charge in [0.15, 0.2) is 0 Å². The summed E-state index contributed by atoms with van der Waals surface area (Å²) in [6, 6.07) is 0. The summed E-state index contributed by atoms with van der Waals surface area (Å²) in [5.74, 6) is 0. The molecule has 0 rings (SSSR count). The molecule has 6 heteroatoms. The monoisotopic (exact) mass is 473 g/mol. The van der Waals surface area contributed by atoms with Gasteiger partial charge < -0.3 is 0 Å². The molecule has 0 heterocycles. The molecule has 0 bridgehead atoms. The minimum atomic E-state index is 0. The van der Waals surface area contributed by atoms with Crippen LogP contribution >= 0.6 is 0 Å². The van der Waals surface area contributed by atoms with Crippen LogP contribution in [-0.2, 0) is 97.4 Å². The van der Waals surface area contributed by atoms with Crippen molar-refractivity contribution in [2.24, 2.45) is 0 Å². The van der Waals surface area contributed by atoms with Crippen LogP contribution in [0.2, 0.25) is 0 Å².